The van der Waals surface area contributed by atoms with Gasteiger partial charge in [0.2, 0.25) is 0 Å². The number of hydrogen-bond donors (Lipinski definition) is 1. The molecule has 1 aliphatic rings. The number of nitrogens with zero attached hydrogens (tertiary/aromatic N) is 3. The zero-order valence-corrected chi connectivity index (χ0v) is 12.0. The Kier molecular flexibility index (Phi) is 3.23. The minimum absolute atomic E-state index is 0.104. The first kappa shape index (κ1) is 13.2. The van der Waals surface area contributed by atoms with Crippen LogP contribution in [0, 0.1) is 0 Å². The SMILES string of the molecule is O=c1[nH]cnc2c1ncn2[C@H]1CC[C@@H](Cc2ccccc2)O1. The number of benzene rings is 1. The molecule has 1 N–H and O–H groups in total. The fourth-order valence-electron chi connectivity index (χ4n) is 2.99. The van der Waals surface area contributed by atoms with E-state index in [9.17, 15) is 4.79 Å². The van der Waals surface area contributed by atoms with Gasteiger partial charge in [-0.05, 0) is 24.8 Å². The highest BCUT2D eigenvalue weighted by Crippen LogP contribution is 2.31. The van der Waals surface area contributed by atoms with Crippen molar-refractivity contribution >= 4 is 11.2 Å². The summed E-state index contributed by atoms with van der Waals surface area (Å²) in [6.45, 7) is 0. The number of ether oxygens (including phenoxy) is 1. The molecule has 2 aromatic heterocycles. The molecule has 3 aromatic rings. The van der Waals surface area contributed by atoms with Gasteiger partial charge >= 0.3 is 0 Å². The average Bonchev–Trinajstić information content (AvgIpc) is 3.15. The van der Waals surface area contributed by atoms with Crippen LogP contribution in [-0.4, -0.2) is 25.6 Å². The largest absolute Gasteiger partial charge is 0.354 e. The highest BCUT2D eigenvalue weighted by molar-refractivity contribution is 5.68. The summed E-state index contributed by atoms with van der Waals surface area (Å²) in [6, 6.07) is 10.3. The predicted molar refractivity (Wildman–Crippen MR) is 81.4 cm³/mol. The molecule has 0 bridgehead atoms. The van der Waals surface area contributed by atoms with Gasteiger partial charge in [-0.3, -0.25) is 9.36 Å². The second kappa shape index (κ2) is 5.38. The second-order valence-corrected chi connectivity index (χ2v) is 5.54. The van der Waals surface area contributed by atoms with Gasteiger partial charge in [-0.1, -0.05) is 30.3 Å². The fraction of sp³-hybridized carbons (Fsp3) is 0.312. The third-order valence-electron chi connectivity index (χ3n) is 4.07. The minimum Gasteiger partial charge on any atom is -0.354 e. The molecule has 1 fully saturated rings. The van der Waals surface area contributed by atoms with Gasteiger partial charge in [0, 0.05) is 0 Å². The summed E-state index contributed by atoms with van der Waals surface area (Å²) in [6.07, 6.45) is 5.92. The van der Waals surface area contributed by atoms with Crippen LogP contribution in [0.5, 0.6) is 0 Å². The number of aromatic nitrogens is 4. The summed E-state index contributed by atoms with van der Waals surface area (Å²) < 4.78 is 7.99. The van der Waals surface area contributed by atoms with Gasteiger partial charge in [0.15, 0.2) is 11.2 Å². The van der Waals surface area contributed by atoms with Crippen molar-refractivity contribution in [1.82, 2.24) is 19.5 Å². The van der Waals surface area contributed by atoms with Gasteiger partial charge in [0.25, 0.3) is 5.56 Å². The smallest absolute Gasteiger partial charge is 0.278 e. The predicted octanol–water partition coefficient (Wildman–Crippen LogP) is 2.04. The summed E-state index contributed by atoms with van der Waals surface area (Å²) in [5.74, 6) is 0. The van der Waals surface area contributed by atoms with Crippen molar-refractivity contribution in [1.29, 1.82) is 0 Å². The Bertz CT molecular complexity index is 840. The lowest BCUT2D eigenvalue weighted by Crippen LogP contribution is -2.14. The van der Waals surface area contributed by atoms with Gasteiger partial charge in [0.05, 0.1) is 18.8 Å². The molecular weight excluding hydrogens is 280 g/mol. The van der Waals surface area contributed by atoms with Crippen LogP contribution in [0.3, 0.4) is 0 Å². The zero-order valence-electron chi connectivity index (χ0n) is 12.0. The maximum absolute atomic E-state index is 11.7. The fourth-order valence-corrected chi connectivity index (χ4v) is 2.99. The Labute approximate surface area is 126 Å². The third-order valence-corrected chi connectivity index (χ3v) is 4.07. The standard InChI is InChI=1S/C16H16N4O2/c21-16-14-15(17-9-18-16)20(10-19-14)13-7-6-12(22-13)8-11-4-2-1-3-5-11/h1-5,9-10,12-13H,6-8H2,(H,17,18,21)/t12-,13+/m0/s1. The van der Waals surface area contributed by atoms with Crippen molar-refractivity contribution in [2.45, 2.75) is 31.6 Å². The third kappa shape index (κ3) is 2.31. The molecule has 1 saturated heterocycles. The van der Waals surface area contributed by atoms with Gasteiger partial charge in [0.1, 0.15) is 6.23 Å². The quantitative estimate of drug-likeness (QED) is 0.802. The van der Waals surface area contributed by atoms with E-state index in [0.29, 0.717) is 11.2 Å². The summed E-state index contributed by atoms with van der Waals surface area (Å²) in [4.78, 5) is 22.6. The van der Waals surface area contributed by atoms with Crippen molar-refractivity contribution in [2.24, 2.45) is 0 Å². The maximum atomic E-state index is 11.7. The molecule has 1 aliphatic heterocycles. The molecule has 0 spiro atoms. The number of hydrogen-bond acceptors (Lipinski definition) is 4. The molecule has 0 radical (unpaired) electrons. The first-order valence-electron chi connectivity index (χ1n) is 7.41. The van der Waals surface area contributed by atoms with Gasteiger partial charge in [-0.2, -0.15) is 0 Å². The molecule has 0 saturated carbocycles. The Balaban J connectivity index is 1.55. The van der Waals surface area contributed by atoms with Crippen LogP contribution in [0.4, 0.5) is 0 Å². The number of aromatic amines is 1. The summed E-state index contributed by atoms with van der Waals surface area (Å²) in [5.41, 5.74) is 1.99. The zero-order chi connectivity index (χ0) is 14.9. The number of H-pyrrole nitrogens is 1. The molecular formula is C16H16N4O2. The van der Waals surface area contributed by atoms with E-state index in [4.69, 9.17) is 4.74 Å². The minimum atomic E-state index is -0.220. The van der Waals surface area contributed by atoms with E-state index < -0.39 is 0 Å². The van der Waals surface area contributed by atoms with E-state index in [1.165, 1.54) is 11.9 Å². The molecule has 3 heterocycles. The molecule has 6 heteroatoms. The molecule has 6 nitrogen and oxygen atoms in total. The average molecular weight is 296 g/mol. The van der Waals surface area contributed by atoms with Crippen LogP contribution in [0.15, 0.2) is 47.8 Å². The Morgan fingerprint density at radius 1 is 1.23 bits per heavy atom. The van der Waals surface area contributed by atoms with Crippen molar-refractivity contribution < 1.29 is 4.74 Å². The number of rotatable bonds is 3. The van der Waals surface area contributed by atoms with Crippen molar-refractivity contribution in [3.63, 3.8) is 0 Å². The van der Waals surface area contributed by atoms with Crippen molar-refractivity contribution in [3.8, 4) is 0 Å². The maximum Gasteiger partial charge on any atom is 0.278 e. The van der Waals surface area contributed by atoms with Gasteiger partial charge in [-0.25, -0.2) is 9.97 Å². The van der Waals surface area contributed by atoms with Gasteiger partial charge < -0.3 is 9.72 Å². The topological polar surface area (TPSA) is 72.8 Å². The van der Waals surface area contributed by atoms with E-state index >= 15 is 0 Å². The lowest BCUT2D eigenvalue weighted by Gasteiger charge is -2.15. The summed E-state index contributed by atoms with van der Waals surface area (Å²) >= 11 is 0. The summed E-state index contributed by atoms with van der Waals surface area (Å²) in [5, 5.41) is 0. The highest BCUT2D eigenvalue weighted by Gasteiger charge is 2.28. The van der Waals surface area contributed by atoms with Crippen LogP contribution in [0.2, 0.25) is 0 Å². The molecule has 0 unspecified atom stereocenters. The normalized spacial score (nSPS) is 21.5. The number of imidazole rings is 1. The van der Waals surface area contributed by atoms with Crippen molar-refractivity contribution in [3.05, 3.63) is 58.9 Å². The van der Waals surface area contributed by atoms with Crippen LogP contribution >= 0.6 is 0 Å². The highest BCUT2D eigenvalue weighted by atomic mass is 16.5. The molecule has 4 rings (SSSR count). The molecule has 1 aromatic carbocycles. The molecule has 0 aliphatic carbocycles. The Hall–Kier alpha value is -2.47. The Morgan fingerprint density at radius 3 is 2.95 bits per heavy atom. The van der Waals surface area contributed by atoms with Crippen LogP contribution < -0.4 is 5.56 Å². The lowest BCUT2D eigenvalue weighted by atomic mass is 10.1. The van der Waals surface area contributed by atoms with Crippen LogP contribution in [0.1, 0.15) is 24.6 Å². The molecule has 22 heavy (non-hydrogen) atoms. The van der Waals surface area contributed by atoms with Gasteiger partial charge in [-0.15, -0.1) is 0 Å². The first-order valence-corrected chi connectivity index (χ1v) is 7.41. The lowest BCUT2D eigenvalue weighted by molar-refractivity contribution is 0.00473. The summed E-state index contributed by atoms with van der Waals surface area (Å²) in [7, 11) is 0. The van der Waals surface area contributed by atoms with E-state index in [1.54, 1.807) is 6.33 Å². The van der Waals surface area contributed by atoms with E-state index in [-0.39, 0.29) is 17.9 Å². The monoisotopic (exact) mass is 296 g/mol. The second-order valence-electron chi connectivity index (χ2n) is 5.54. The molecule has 2 atom stereocenters. The molecule has 0 amide bonds. The van der Waals surface area contributed by atoms with Crippen LogP contribution in [-0.2, 0) is 11.2 Å². The van der Waals surface area contributed by atoms with E-state index in [0.717, 1.165) is 19.3 Å². The molecule has 112 valence electrons. The van der Waals surface area contributed by atoms with Crippen LogP contribution in [0.25, 0.3) is 11.2 Å². The Morgan fingerprint density at radius 2 is 2.09 bits per heavy atom. The van der Waals surface area contributed by atoms with Crippen molar-refractivity contribution in [2.75, 3.05) is 0 Å². The van der Waals surface area contributed by atoms with E-state index in [1.807, 2.05) is 22.8 Å². The number of fused-ring (bicyclic) bond motifs is 1. The van der Waals surface area contributed by atoms with E-state index in [2.05, 4.69) is 27.1 Å². The number of nitrogens with one attached hydrogen (secondary N) is 1. The first-order chi connectivity index (χ1) is 10.8.